The number of rotatable bonds is 4. The molecule has 0 atom stereocenters. The van der Waals surface area contributed by atoms with Crippen LogP contribution in [-0.2, 0) is 9.59 Å². The lowest BCUT2D eigenvalue weighted by atomic mass is 10.2. The van der Waals surface area contributed by atoms with E-state index in [-0.39, 0.29) is 5.69 Å². The van der Waals surface area contributed by atoms with E-state index < -0.39 is 23.9 Å². The predicted molar refractivity (Wildman–Crippen MR) is 97.7 cm³/mol. The van der Waals surface area contributed by atoms with Gasteiger partial charge >= 0.3 is 6.36 Å². The molecule has 2 aromatic rings. The van der Waals surface area contributed by atoms with E-state index in [1.165, 1.54) is 23.5 Å². The first-order valence-corrected chi connectivity index (χ1v) is 9.51. The van der Waals surface area contributed by atoms with E-state index in [1.54, 1.807) is 12.1 Å². The highest BCUT2D eigenvalue weighted by Gasteiger charge is 2.43. The normalized spacial score (nSPS) is 17.8. The van der Waals surface area contributed by atoms with E-state index in [4.69, 9.17) is 0 Å². The monoisotopic (exact) mass is 408 g/mol. The van der Waals surface area contributed by atoms with Gasteiger partial charge in [0.25, 0.3) is 11.8 Å². The summed E-state index contributed by atoms with van der Waals surface area (Å²) in [4.78, 5) is 29.9. The van der Waals surface area contributed by atoms with Crippen LogP contribution in [-0.4, -0.2) is 36.2 Å². The molecule has 2 aliphatic rings. The van der Waals surface area contributed by atoms with E-state index >= 15 is 0 Å². The van der Waals surface area contributed by atoms with Gasteiger partial charge < -0.3 is 9.64 Å². The second-order valence-corrected chi connectivity index (χ2v) is 7.33. The van der Waals surface area contributed by atoms with Crippen LogP contribution < -0.4 is 9.64 Å². The number of anilines is 1. The van der Waals surface area contributed by atoms with Gasteiger partial charge in [-0.25, -0.2) is 4.90 Å². The lowest BCUT2D eigenvalue weighted by Crippen LogP contribution is -2.34. The van der Waals surface area contributed by atoms with Crippen molar-refractivity contribution in [1.29, 1.82) is 0 Å². The molecule has 28 heavy (non-hydrogen) atoms. The van der Waals surface area contributed by atoms with Crippen LogP contribution in [0.25, 0.3) is 5.57 Å². The first-order chi connectivity index (χ1) is 13.3. The molecular weight excluding hydrogens is 393 g/mol. The average molecular weight is 408 g/mol. The number of amides is 2. The minimum absolute atomic E-state index is 0.202. The minimum Gasteiger partial charge on any atom is -0.406 e. The van der Waals surface area contributed by atoms with Crippen molar-refractivity contribution in [2.24, 2.45) is 0 Å². The number of alkyl halides is 3. The topological polar surface area (TPSA) is 49.9 Å². The van der Waals surface area contributed by atoms with Crippen LogP contribution in [0.15, 0.2) is 47.5 Å². The second-order valence-electron chi connectivity index (χ2n) is 6.38. The molecule has 4 rings (SSSR count). The molecule has 1 aromatic carbocycles. The molecule has 0 N–H and O–H groups in total. The molecule has 1 aromatic heterocycles. The Balaban J connectivity index is 1.69. The maximum absolute atomic E-state index is 13.1. The number of likely N-dealkylation sites (tertiary alicyclic amines) is 1. The number of carbonyl (C=O) groups excluding carboxylic acids is 2. The van der Waals surface area contributed by atoms with Crippen molar-refractivity contribution in [2.45, 2.75) is 19.2 Å². The largest absolute Gasteiger partial charge is 0.573 e. The van der Waals surface area contributed by atoms with Crippen molar-refractivity contribution in [3.05, 3.63) is 52.4 Å². The van der Waals surface area contributed by atoms with Gasteiger partial charge in [-0.2, -0.15) is 0 Å². The standard InChI is InChI=1S/C19H15F3N2O3S/c20-19(21,22)27-13-7-5-12(6-8-13)24-17(25)15(14-4-3-11-28-14)16(18(24)26)23-9-1-2-10-23/h3-8,11H,1-2,9-10H2. The zero-order valence-corrected chi connectivity index (χ0v) is 15.3. The van der Waals surface area contributed by atoms with Crippen LogP contribution in [0.4, 0.5) is 18.9 Å². The molecule has 5 nitrogen and oxygen atoms in total. The molecule has 3 heterocycles. The Hall–Kier alpha value is -2.81. The Morgan fingerprint density at radius 1 is 0.964 bits per heavy atom. The van der Waals surface area contributed by atoms with E-state index in [2.05, 4.69) is 4.74 Å². The van der Waals surface area contributed by atoms with Crippen LogP contribution in [0.5, 0.6) is 5.75 Å². The molecule has 2 amide bonds. The van der Waals surface area contributed by atoms with E-state index in [9.17, 15) is 22.8 Å². The Kier molecular flexibility index (Phi) is 4.62. The summed E-state index contributed by atoms with van der Waals surface area (Å²) in [7, 11) is 0. The van der Waals surface area contributed by atoms with Gasteiger partial charge in [-0.15, -0.1) is 24.5 Å². The molecule has 0 unspecified atom stereocenters. The van der Waals surface area contributed by atoms with Crippen molar-refractivity contribution < 1.29 is 27.5 Å². The number of benzene rings is 1. The molecule has 9 heteroatoms. The molecule has 0 bridgehead atoms. The van der Waals surface area contributed by atoms with E-state index in [1.807, 2.05) is 10.3 Å². The number of halogens is 3. The van der Waals surface area contributed by atoms with Crippen LogP contribution in [0.3, 0.4) is 0 Å². The fourth-order valence-electron chi connectivity index (χ4n) is 3.43. The van der Waals surface area contributed by atoms with Gasteiger partial charge in [-0.1, -0.05) is 6.07 Å². The summed E-state index contributed by atoms with van der Waals surface area (Å²) in [5.74, 6) is -1.35. The number of hydrogen-bond acceptors (Lipinski definition) is 5. The summed E-state index contributed by atoms with van der Waals surface area (Å²) < 4.78 is 40.9. The van der Waals surface area contributed by atoms with E-state index in [0.717, 1.165) is 29.9 Å². The van der Waals surface area contributed by atoms with Crippen molar-refractivity contribution >= 4 is 34.4 Å². The quantitative estimate of drug-likeness (QED) is 0.717. The molecule has 0 saturated carbocycles. The molecule has 0 aliphatic carbocycles. The van der Waals surface area contributed by atoms with E-state index in [0.29, 0.717) is 29.2 Å². The predicted octanol–water partition coefficient (Wildman–Crippen LogP) is 4.03. The average Bonchev–Trinajstić information content (AvgIpc) is 3.36. The highest BCUT2D eigenvalue weighted by molar-refractivity contribution is 7.11. The lowest BCUT2D eigenvalue weighted by molar-refractivity contribution is -0.274. The van der Waals surface area contributed by atoms with Crippen LogP contribution in [0.2, 0.25) is 0 Å². The number of imide groups is 1. The maximum atomic E-state index is 13.1. The number of ether oxygens (including phenoxy) is 1. The zero-order valence-electron chi connectivity index (χ0n) is 14.5. The zero-order chi connectivity index (χ0) is 19.9. The summed E-state index contributed by atoms with van der Waals surface area (Å²) in [6, 6.07) is 8.30. The first kappa shape index (κ1) is 18.5. The van der Waals surface area contributed by atoms with Gasteiger partial charge in [-0.3, -0.25) is 9.59 Å². The molecule has 146 valence electrons. The van der Waals surface area contributed by atoms with Gasteiger partial charge in [-0.05, 0) is 48.6 Å². The van der Waals surface area contributed by atoms with Gasteiger partial charge in [0.1, 0.15) is 11.4 Å². The summed E-state index contributed by atoms with van der Waals surface area (Å²) >= 11 is 1.37. The van der Waals surface area contributed by atoms with Crippen LogP contribution >= 0.6 is 11.3 Å². The molecular formula is C19H15F3N2O3S. The number of hydrogen-bond donors (Lipinski definition) is 0. The third kappa shape index (κ3) is 3.37. The molecule has 1 fully saturated rings. The van der Waals surface area contributed by atoms with Crippen molar-refractivity contribution in [3.63, 3.8) is 0 Å². The molecule has 1 saturated heterocycles. The van der Waals surface area contributed by atoms with Crippen LogP contribution in [0, 0.1) is 0 Å². The lowest BCUT2D eigenvalue weighted by Gasteiger charge is -2.20. The third-order valence-corrected chi connectivity index (χ3v) is 5.47. The fraction of sp³-hybridized carbons (Fsp3) is 0.263. The number of nitrogens with zero attached hydrogens (tertiary/aromatic N) is 2. The van der Waals surface area contributed by atoms with Crippen molar-refractivity contribution in [2.75, 3.05) is 18.0 Å². The van der Waals surface area contributed by atoms with Crippen molar-refractivity contribution in [3.8, 4) is 5.75 Å². The number of carbonyl (C=O) groups is 2. The Bertz CT molecular complexity index is 930. The van der Waals surface area contributed by atoms with Gasteiger partial charge in [0.2, 0.25) is 0 Å². The molecule has 0 radical (unpaired) electrons. The Morgan fingerprint density at radius 3 is 2.21 bits per heavy atom. The summed E-state index contributed by atoms with van der Waals surface area (Å²) in [5, 5.41) is 1.83. The smallest absolute Gasteiger partial charge is 0.406 e. The molecule has 0 spiro atoms. The molecule has 2 aliphatic heterocycles. The summed E-state index contributed by atoms with van der Waals surface area (Å²) in [6.45, 7) is 1.38. The van der Waals surface area contributed by atoms with Gasteiger partial charge in [0.05, 0.1) is 11.3 Å². The third-order valence-electron chi connectivity index (χ3n) is 4.58. The van der Waals surface area contributed by atoms with Gasteiger partial charge in [0, 0.05) is 18.0 Å². The van der Waals surface area contributed by atoms with Crippen molar-refractivity contribution in [1.82, 2.24) is 4.90 Å². The highest BCUT2D eigenvalue weighted by Crippen LogP contribution is 2.38. The van der Waals surface area contributed by atoms with Crippen LogP contribution in [0.1, 0.15) is 17.7 Å². The van der Waals surface area contributed by atoms with Gasteiger partial charge in [0.15, 0.2) is 0 Å². The highest BCUT2D eigenvalue weighted by atomic mass is 32.1. The second kappa shape index (κ2) is 6.97. The minimum atomic E-state index is -4.81. The Morgan fingerprint density at radius 2 is 1.64 bits per heavy atom. The summed E-state index contributed by atoms with van der Waals surface area (Å²) in [6.07, 6.45) is -2.93. The fourth-order valence-corrected chi connectivity index (χ4v) is 4.19. The number of thiophene rings is 1. The SMILES string of the molecule is O=C1C(c2cccs2)=C(N2CCCC2)C(=O)N1c1ccc(OC(F)(F)F)cc1. The summed E-state index contributed by atoms with van der Waals surface area (Å²) in [5.41, 5.74) is 0.908. The maximum Gasteiger partial charge on any atom is 0.573 e. The Labute approximate surface area is 162 Å². The first-order valence-electron chi connectivity index (χ1n) is 8.63.